The lowest BCUT2D eigenvalue weighted by Crippen LogP contribution is -2.31. The summed E-state index contributed by atoms with van der Waals surface area (Å²) in [5.74, 6) is 0.852. The maximum Gasteiger partial charge on any atom is 0.251 e. The molecule has 0 bridgehead atoms. The smallest absolute Gasteiger partial charge is 0.251 e. The van der Waals surface area contributed by atoms with Gasteiger partial charge in [-0.2, -0.15) is 0 Å². The van der Waals surface area contributed by atoms with Crippen LogP contribution in [0.25, 0.3) is 22.1 Å². The number of rotatable bonds is 28. The highest BCUT2D eigenvalue weighted by atomic mass is 33.1. The molecular formula is C48H58N10O10S4. The predicted octanol–water partition coefficient (Wildman–Crippen LogP) is 2.70. The third-order valence-corrected chi connectivity index (χ3v) is 14.7. The van der Waals surface area contributed by atoms with Crippen LogP contribution in [-0.4, -0.2) is 159 Å². The van der Waals surface area contributed by atoms with Crippen molar-refractivity contribution in [3.63, 3.8) is 0 Å². The van der Waals surface area contributed by atoms with Crippen LogP contribution in [0.3, 0.4) is 0 Å². The SMILES string of the molecule is O=C(CCCNC(=O)c1ccc2nc(CC(O)C(O)CO)cnc2c1)NCCSSc1ccccn1.O=C(CCCNC(=O)c1ccc2ncc(CC(O)C(O)CO)nc2c1)NCCSSc1ccccn1. The van der Waals surface area contributed by atoms with Crippen molar-refractivity contribution in [2.45, 2.75) is 73.0 Å². The highest BCUT2D eigenvalue weighted by Crippen LogP contribution is 2.29. The second kappa shape index (κ2) is 31.8. The van der Waals surface area contributed by atoms with Crippen molar-refractivity contribution in [1.82, 2.24) is 51.2 Å². The van der Waals surface area contributed by atoms with Gasteiger partial charge < -0.3 is 51.9 Å². The minimum absolute atomic E-state index is 0.0188. The van der Waals surface area contributed by atoms with E-state index in [9.17, 15) is 39.6 Å². The number of aliphatic hydroxyl groups excluding tert-OH is 6. The van der Waals surface area contributed by atoms with Crippen LogP contribution in [0.1, 0.15) is 57.8 Å². The highest BCUT2D eigenvalue weighted by Gasteiger charge is 2.19. The van der Waals surface area contributed by atoms with Gasteiger partial charge in [-0.1, -0.05) is 33.7 Å². The van der Waals surface area contributed by atoms with E-state index >= 15 is 0 Å². The average molecular weight is 1060 g/mol. The Morgan fingerprint density at radius 2 is 0.958 bits per heavy atom. The molecule has 0 aliphatic heterocycles. The Kier molecular flexibility index (Phi) is 25.3. The number of hydrogen-bond acceptors (Lipinski definition) is 20. The molecule has 4 atom stereocenters. The van der Waals surface area contributed by atoms with Gasteiger partial charge in [-0.25, -0.2) is 19.9 Å². The van der Waals surface area contributed by atoms with Crippen LogP contribution in [0, 0.1) is 0 Å². The molecule has 4 unspecified atom stereocenters. The molecule has 0 radical (unpaired) electrons. The lowest BCUT2D eigenvalue weighted by molar-refractivity contribution is -0.121. The fourth-order valence-corrected chi connectivity index (χ4v) is 9.84. The van der Waals surface area contributed by atoms with Gasteiger partial charge in [0.25, 0.3) is 11.8 Å². The minimum atomic E-state index is -1.27. The first-order chi connectivity index (χ1) is 34.9. The predicted molar refractivity (Wildman–Crippen MR) is 279 cm³/mol. The standard InChI is InChI=1S/2C24H29N5O5S2/c30-15-21(32)20(31)13-17-14-28-19-12-16(6-7-18(19)29-17)24(34)27-9-3-4-22(33)25-10-11-35-36-23-5-1-2-8-26-23;30-15-21(32)20(31)13-17-14-28-18-7-6-16(12-19(18)29-17)24(34)27-9-3-4-22(33)25-10-11-35-36-23-5-1-2-8-26-23/h2*1-2,5-8,12,14,20-21,30-32H,3-4,9-11,13,15H2,(H,25,33)(H,27,34). The molecule has 4 amide bonds. The number of nitrogens with one attached hydrogen (secondary N) is 4. The Labute approximate surface area is 431 Å². The number of amides is 4. The Morgan fingerprint density at radius 1 is 0.500 bits per heavy atom. The van der Waals surface area contributed by atoms with E-state index in [1.165, 1.54) is 12.4 Å². The molecule has 2 aromatic carbocycles. The topological polar surface area (TPSA) is 315 Å². The number of nitrogens with zero attached hydrogens (tertiary/aromatic N) is 6. The first-order valence-electron chi connectivity index (χ1n) is 22.9. The van der Waals surface area contributed by atoms with Gasteiger partial charge in [0.2, 0.25) is 11.8 Å². The summed E-state index contributed by atoms with van der Waals surface area (Å²) in [6.45, 7) is 0.744. The minimum Gasteiger partial charge on any atom is -0.394 e. The summed E-state index contributed by atoms with van der Waals surface area (Å²) in [4.78, 5) is 74.7. The van der Waals surface area contributed by atoms with Crippen LogP contribution in [0.15, 0.2) is 108 Å². The monoisotopic (exact) mass is 1060 g/mol. The van der Waals surface area contributed by atoms with E-state index in [-0.39, 0.29) is 36.5 Å². The van der Waals surface area contributed by atoms with E-state index in [2.05, 4.69) is 51.2 Å². The molecule has 0 saturated heterocycles. The summed E-state index contributed by atoms with van der Waals surface area (Å²) < 4.78 is 0. The molecular weight excluding hydrogens is 1000 g/mol. The number of aliphatic hydroxyl groups is 6. The van der Waals surface area contributed by atoms with E-state index in [1.807, 2.05) is 36.4 Å². The molecule has 0 saturated carbocycles. The van der Waals surface area contributed by atoms with Gasteiger partial charge in [0.15, 0.2) is 0 Å². The lowest BCUT2D eigenvalue weighted by Gasteiger charge is -2.14. The fourth-order valence-electron chi connectivity index (χ4n) is 6.27. The number of fused-ring (bicyclic) bond motifs is 2. The zero-order valence-corrected chi connectivity index (χ0v) is 42.3. The normalized spacial score (nSPS) is 12.8. The highest BCUT2D eigenvalue weighted by molar-refractivity contribution is 8.77. The van der Waals surface area contributed by atoms with Gasteiger partial charge in [-0.3, -0.25) is 29.1 Å². The second-order valence-electron chi connectivity index (χ2n) is 15.7. The van der Waals surface area contributed by atoms with Crippen molar-refractivity contribution < 1.29 is 49.8 Å². The number of carbonyl (C=O) groups excluding carboxylic acids is 4. The van der Waals surface area contributed by atoms with Crippen LogP contribution in [0.5, 0.6) is 0 Å². The Balaban J connectivity index is 0.000000267. The van der Waals surface area contributed by atoms with Gasteiger partial charge >= 0.3 is 0 Å². The van der Waals surface area contributed by atoms with Gasteiger partial charge in [0, 0.05) is 99.3 Å². The van der Waals surface area contributed by atoms with Gasteiger partial charge in [-0.05, 0) is 95.1 Å². The second-order valence-corrected chi connectivity index (χ2v) is 20.6. The van der Waals surface area contributed by atoms with Crippen molar-refractivity contribution in [2.75, 3.05) is 50.9 Å². The maximum atomic E-state index is 12.5. The van der Waals surface area contributed by atoms with Crippen LogP contribution < -0.4 is 21.3 Å². The van der Waals surface area contributed by atoms with E-state index in [0.717, 1.165) is 21.6 Å². The Hall–Kier alpha value is -5.54. The van der Waals surface area contributed by atoms with E-state index < -0.39 is 37.6 Å². The average Bonchev–Trinajstić information content (AvgIpc) is 3.40. The fraction of sp³-hybridized carbons (Fsp3) is 0.375. The maximum absolute atomic E-state index is 12.5. The summed E-state index contributed by atoms with van der Waals surface area (Å²) in [5.41, 5.74) is 3.84. The van der Waals surface area contributed by atoms with Crippen molar-refractivity contribution in [2.24, 2.45) is 0 Å². The molecule has 20 nitrogen and oxygen atoms in total. The number of hydrogen-bond donors (Lipinski definition) is 10. The van der Waals surface area contributed by atoms with Crippen molar-refractivity contribution >= 4 is 88.9 Å². The number of benzene rings is 2. The number of carbonyl (C=O) groups is 4. The molecule has 0 spiro atoms. The zero-order valence-electron chi connectivity index (χ0n) is 39.1. The van der Waals surface area contributed by atoms with E-state index in [0.29, 0.717) is 96.4 Å². The van der Waals surface area contributed by atoms with Crippen LogP contribution in [-0.2, 0) is 22.4 Å². The molecule has 24 heteroatoms. The molecule has 384 valence electrons. The molecule has 0 aliphatic rings. The lowest BCUT2D eigenvalue weighted by atomic mass is 10.1. The van der Waals surface area contributed by atoms with Crippen LogP contribution in [0.2, 0.25) is 0 Å². The molecule has 6 aromatic rings. The summed E-state index contributed by atoms with van der Waals surface area (Å²) >= 11 is 0. The van der Waals surface area contributed by atoms with Crippen molar-refractivity contribution in [1.29, 1.82) is 0 Å². The molecule has 72 heavy (non-hydrogen) atoms. The summed E-state index contributed by atoms with van der Waals surface area (Å²) in [7, 11) is 6.39. The largest absolute Gasteiger partial charge is 0.394 e. The third-order valence-electron chi connectivity index (χ3n) is 10.1. The first-order valence-corrected chi connectivity index (χ1v) is 27.5. The summed E-state index contributed by atoms with van der Waals surface area (Å²) in [5, 5.41) is 69.8. The van der Waals surface area contributed by atoms with E-state index in [4.69, 9.17) is 10.2 Å². The van der Waals surface area contributed by atoms with E-state index in [1.54, 1.807) is 92.0 Å². The van der Waals surface area contributed by atoms with Crippen LogP contribution in [0.4, 0.5) is 0 Å². The van der Waals surface area contributed by atoms with Crippen molar-refractivity contribution in [3.05, 3.63) is 120 Å². The molecule has 0 aliphatic carbocycles. The van der Waals surface area contributed by atoms with Crippen molar-refractivity contribution in [3.8, 4) is 0 Å². The number of pyridine rings is 2. The molecule has 10 N–H and O–H groups in total. The third kappa shape index (κ3) is 20.5. The number of aromatic nitrogens is 6. The van der Waals surface area contributed by atoms with Crippen LogP contribution >= 0.6 is 43.2 Å². The molecule has 4 aromatic heterocycles. The Morgan fingerprint density at radius 3 is 1.43 bits per heavy atom. The Bertz CT molecular complexity index is 2630. The molecule has 6 rings (SSSR count). The van der Waals surface area contributed by atoms with Gasteiger partial charge in [0.05, 0.1) is 58.9 Å². The molecule has 4 heterocycles. The first kappa shape index (κ1) is 57.4. The van der Waals surface area contributed by atoms with Gasteiger partial charge in [0.1, 0.15) is 22.3 Å². The quantitative estimate of drug-likeness (QED) is 0.0249. The summed E-state index contributed by atoms with van der Waals surface area (Å²) in [6, 6.07) is 21.3. The van der Waals surface area contributed by atoms with Gasteiger partial charge in [-0.15, -0.1) is 0 Å². The summed E-state index contributed by atoms with van der Waals surface area (Å²) in [6.07, 6.45) is 3.33. The molecule has 0 fully saturated rings. The zero-order chi connectivity index (χ0) is 51.5.